The lowest BCUT2D eigenvalue weighted by Crippen LogP contribution is -2.52. The van der Waals surface area contributed by atoms with Gasteiger partial charge in [-0.15, -0.1) is 0 Å². The molecule has 3 amide bonds. The van der Waals surface area contributed by atoms with Crippen molar-refractivity contribution in [2.75, 3.05) is 0 Å². The molecule has 162 valence electrons. The minimum absolute atomic E-state index is 0.168. The largest absolute Gasteiger partial charge is 0.350 e. The number of nitrogens with one attached hydrogen (secondary N) is 2. The highest BCUT2D eigenvalue weighted by molar-refractivity contribution is 5.95. The van der Waals surface area contributed by atoms with Crippen molar-refractivity contribution < 1.29 is 14.4 Å². The maximum atomic E-state index is 13.2. The molecule has 0 bridgehead atoms. The highest BCUT2D eigenvalue weighted by atomic mass is 16.2. The van der Waals surface area contributed by atoms with Crippen molar-refractivity contribution in [2.45, 2.75) is 65.1 Å². The Morgan fingerprint density at radius 2 is 1.87 bits per heavy atom. The summed E-state index contributed by atoms with van der Waals surface area (Å²) in [6.07, 6.45) is 6.60. The second kappa shape index (κ2) is 10.7. The lowest BCUT2D eigenvalue weighted by atomic mass is 10.0. The van der Waals surface area contributed by atoms with Crippen LogP contribution in [0.5, 0.6) is 0 Å². The van der Waals surface area contributed by atoms with E-state index in [-0.39, 0.29) is 30.2 Å². The molecule has 1 aromatic heterocycles. The van der Waals surface area contributed by atoms with Crippen molar-refractivity contribution >= 4 is 17.7 Å². The van der Waals surface area contributed by atoms with Crippen LogP contribution in [-0.4, -0.2) is 44.7 Å². The Bertz CT molecular complexity index is 808. The van der Waals surface area contributed by atoms with Gasteiger partial charge in [0.05, 0.1) is 0 Å². The van der Waals surface area contributed by atoms with Gasteiger partial charge in [-0.25, -0.2) is 9.97 Å². The van der Waals surface area contributed by atoms with Gasteiger partial charge in [0.15, 0.2) is 0 Å². The molecule has 0 radical (unpaired) electrons. The number of amides is 3. The third-order valence-corrected chi connectivity index (χ3v) is 5.34. The number of hydrogen-bond acceptors (Lipinski definition) is 5. The van der Waals surface area contributed by atoms with E-state index >= 15 is 0 Å². The van der Waals surface area contributed by atoms with Crippen LogP contribution in [0, 0.1) is 5.92 Å². The minimum Gasteiger partial charge on any atom is -0.350 e. The van der Waals surface area contributed by atoms with Gasteiger partial charge in [0, 0.05) is 43.0 Å². The van der Waals surface area contributed by atoms with Crippen molar-refractivity contribution in [1.82, 2.24) is 25.5 Å². The summed E-state index contributed by atoms with van der Waals surface area (Å²) >= 11 is 0. The van der Waals surface area contributed by atoms with Gasteiger partial charge in [-0.2, -0.15) is 0 Å². The first-order chi connectivity index (χ1) is 14.3. The number of likely N-dealkylation sites (tertiary alicyclic amines) is 1. The lowest BCUT2D eigenvalue weighted by molar-refractivity contribution is -0.140. The molecule has 2 N–H and O–H groups in total. The van der Waals surface area contributed by atoms with Crippen molar-refractivity contribution in [1.29, 1.82) is 0 Å². The zero-order chi connectivity index (χ0) is 22.3. The van der Waals surface area contributed by atoms with Crippen molar-refractivity contribution in [3.63, 3.8) is 0 Å². The van der Waals surface area contributed by atoms with Crippen LogP contribution in [0.4, 0.5) is 0 Å². The monoisotopic (exact) mass is 413 g/mol. The van der Waals surface area contributed by atoms with Gasteiger partial charge in [-0.1, -0.05) is 40.3 Å². The van der Waals surface area contributed by atoms with E-state index in [1.807, 2.05) is 20.8 Å². The highest BCUT2D eigenvalue weighted by Crippen LogP contribution is 2.31. The molecule has 8 nitrogen and oxygen atoms in total. The van der Waals surface area contributed by atoms with E-state index in [1.54, 1.807) is 12.4 Å². The van der Waals surface area contributed by atoms with Crippen LogP contribution in [-0.2, 0) is 20.9 Å². The fourth-order valence-corrected chi connectivity index (χ4v) is 3.25. The number of carbonyl (C=O) groups excluding carboxylic acids is 3. The van der Waals surface area contributed by atoms with Gasteiger partial charge in [0.25, 0.3) is 0 Å². The molecule has 0 spiro atoms. The summed E-state index contributed by atoms with van der Waals surface area (Å²) in [4.78, 5) is 47.6. The molecule has 1 fully saturated rings. The minimum atomic E-state index is -0.748. The molecule has 0 saturated carbocycles. The van der Waals surface area contributed by atoms with E-state index in [0.717, 1.165) is 12.0 Å². The fraction of sp³-hybridized carbons (Fsp3) is 0.500. The van der Waals surface area contributed by atoms with E-state index in [1.165, 1.54) is 11.2 Å². The second-order valence-electron chi connectivity index (χ2n) is 7.69. The van der Waals surface area contributed by atoms with E-state index in [0.29, 0.717) is 30.5 Å². The number of hydrogen-bond donors (Lipinski definition) is 2. The molecule has 8 heteroatoms. The van der Waals surface area contributed by atoms with Gasteiger partial charge >= 0.3 is 0 Å². The summed E-state index contributed by atoms with van der Waals surface area (Å²) in [6, 6.07) is -1.47. The van der Waals surface area contributed by atoms with Gasteiger partial charge < -0.3 is 10.6 Å². The molecule has 1 aliphatic rings. The van der Waals surface area contributed by atoms with E-state index < -0.39 is 12.1 Å². The summed E-state index contributed by atoms with van der Waals surface area (Å²) in [7, 11) is 0. The van der Waals surface area contributed by atoms with Crippen molar-refractivity contribution in [3.05, 3.63) is 48.7 Å². The second-order valence-corrected chi connectivity index (χ2v) is 7.69. The molecule has 30 heavy (non-hydrogen) atoms. The molecule has 2 rings (SSSR count). The smallest absolute Gasteiger partial charge is 0.250 e. The SMILES string of the molecule is C=C1CC(C(=O)NCc2cncnc2)N(C(=O)C(CC)NC(=O)CC(C)CC)C1=C. The Morgan fingerprint density at radius 1 is 1.20 bits per heavy atom. The Kier molecular flexibility index (Phi) is 8.26. The fourth-order valence-electron chi connectivity index (χ4n) is 3.25. The summed E-state index contributed by atoms with van der Waals surface area (Å²) in [5.74, 6) is -0.590. The number of carbonyl (C=O) groups is 3. The lowest BCUT2D eigenvalue weighted by Gasteiger charge is -2.29. The van der Waals surface area contributed by atoms with Crippen LogP contribution in [0.3, 0.4) is 0 Å². The van der Waals surface area contributed by atoms with Crippen LogP contribution in [0.2, 0.25) is 0 Å². The number of aromatic nitrogens is 2. The maximum absolute atomic E-state index is 13.2. The average molecular weight is 414 g/mol. The first-order valence-corrected chi connectivity index (χ1v) is 10.3. The highest BCUT2D eigenvalue weighted by Gasteiger charge is 2.41. The zero-order valence-corrected chi connectivity index (χ0v) is 18.0. The Balaban J connectivity index is 2.09. The topological polar surface area (TPSA) is 104 Å². The standard InChI is InChI=1S/C22H31N5O3/c1-6-14(3)8-20(28)26-18(7-2)22(30)27-16(5)15(4)9-19(27)21(29)25-12-17-10-23-13-24-11-17/h10-11,13-14,18-19H,4-9,12H2,1-3H3,(H,25,29)(H,26,28). The van der Waals surface area contributed by atoms with Crippen molar-refractivity contribution in [2.24, 2.45) is 5.92 Å². The number of allylic oxidation sites excluding steroid dienone is 1. The molecule has 1 saturated heterocycles. The summed E-state index contributed by atoms with van der Waals surface area (Å²) in [5, 5.41) is 5.63. The summed E-state index contributed by atoms with van der Waals surface area (Å²) in [5.41, 5.74) is 1.80. The number of nitrogens with zero attached hydrogens (tertiary/aromatic N) is 3. The van der Waals surface area contributed by atoms with Crippen molar-refractivity contribution in [3.8, 4) is 0 Å². The first-order valence-electron chi connectivity index (χ1n) is 10.3. The van der Waals surface area contributed by atoms with Crippen LogP contribution in [0.1, 0.15) is 52.0 Å². The normalized spacial score (nSPS) is 18.1. The molecule has 0 aliphatic carbocycles. The predicted octanol–water partition coefficient (Wildman–Crippen LogP) is 2.09. The predicted molar refractivity (Wildman–Crippen MR) is 114 cm³/mol. The van der Waals surface area contributed by atoms with E-state index in [4.69, 9.17) is 0 Å². The molecular formula is C22H31N5O3. The Labute approximate surface area is 177 Å². The number of rotatable bonds is 9. The Hall–Kier alpha value is -3.03. The van der Waals surface area contributed by atoms with Gasteiger partial charge in [-0.05, 0) is 17.9 Å². The molecular weight excluding hydrogens is 382 g/mol. The molecule has 3 atom stereocenters. The summed E-state index contributed by atoms with van der Waals surface area (Å²) < 4.78 is 0. The third kappa shape index (κ3) is 5.75. The van der Waals surface area contributed by atoms with Gasteiger partial charge in [-0.3, -0.25) is 19.3 Å². The molecule has 1 aromatic rings. The van der Waals surface area contributed by atoms with Gasteiger partial charge in [0.1, 0.15) is 18.4 Å². The quantitative estimate of drug-likeness (QED) is 0.645. The van der Waals surface area contributed by atoms with Crippen LogP contribution in [0.25, 0.3) is 0 Å². The molecule has 1 aliphatic heterocycles. The van der Waals surface area contributed by atoms with Crippen LogP contribution >= 0.6 is 0 Å². The molecule has 2 heterocycles. The van der Waals surface area contributed by atoms with E-state index in [9.17, 15) is 14.4 Å². The Morgan fingerprint density at radius 3 is 2.47 bits per heavy atom. The maximum Gasteiger partial charge on any atom is 0.250 e. The van der Waals surface area contributed by atoms with Crippen LogP contribution in [0.15, 0.2) is 43.1 Å². The third-order valence-electron chi connectivity index (χ3n) is 5.34. The molecule has 3 unspecified atom stereocenters. The average Bonchev–Trinajstić information content (AvgIpc) is 3.04. The summed E-state index contributed by atoms with van der Waals surface area (Å²) in [6.45, 7) is 14.0. The molecule has 0 aromatic carbocycles. The van der Waals surface area contributed by atoms with Crippen LogP contribution < -0.4 is 10.6 Å². The van der Waals surface area contributed by atoms with E-state index in [2.05, 4.69) is 33.8 Å². The first kappa shape index (κ1) is 23.3. The zero-order valence-electron chi connectivity index (χ0n) is 18.0. The van der Waals surface area contributed by atoms with Gasteiger partial charge in [0.2, 0.25) is 17.7 Å².